The van der Waals surface area contributed by atoms with Crippen molar-refractivity contribution in [3.05, 3.63) is 70.8 Å². The number of carbonyl (C=O) groups excluding carboxylic acids is 2. The maximum atomic E-state index is 13.1. The Kier molecular flexibility index (Phi) is 7.59. The second-order valence-electron chi connectivity index (χ2n) is 7.07. The number of nitrogens with zero attached hydrogens (tertiary/aromatic N) is 1. The topological polar surface area (TPSA) is 49.4 Å². The summed E-state index contributed by atoms with van der Waals surface area (Å²) in [6, 6.07) is 15.4. The fourth-order valence-corrected chi connectivity index (χ4v) is 2.95. The molecule has 0 saturated carbocycles. The molecule has 0 saturated heterocycles. The Hall–Kier alpha value is -2.62. The minimum atomic E-state index is -0.518. The fraction of sp³-hybridized carbons (Fsp3) is 0.391. The van der Waals surface area contributed by atoms with Gasteiger partial charge < -0.3 is 10.2 Å². The molecule has 1 unspecified atom stereocenters. The molecule has 0 fully saturated rings. The second kappa shape index (κ2) is 9.91. The molecule has 0 radical (unpaired) electrons. The zero-order chi connectivity index (χ0) is 19.8. The van der Waals surface area contributed by atoms with Crippen LogP contribution in [0.3, 0.4) is 0 Å². The zero-order valence-electron chi connectivity index (χ0n) is 16.8. The Labute approximate surface area is 162 Å². The van der Waals surface area contributed by atoms with E-state index in [1.54, 1.807) is 11.8 Å². The molecule has 0 aromatic heterocycles. The van der Waals surface area contributed by atoms with Crippen LogP contribution >= 0.6 is 0 Å². The first-order valence-corrected chi connectivity index (χ1v) is 9.59. The lowest BCUT2D eigenvalue weighted by atomic mass is 10.0. The number of rotatable bonds is 8. The molecule has 0 aliphatic carbocycles. The third kappa shape index (κ3) is 5.95. The van der Waals surface area contributed by atoms with Crippen molar-refractivity contribution in [2.75, 3.05) is 6.54 Å². The molecule has 0 bridgehead atoms. The third-order valence-electron chi connectivity index (χ3n) is 4.84. The Bertz CT molecular complexity index is 771. The van der Waals surface area contributed by atoms with Crippen LogP contribution in [0.5, 0.6) is 0 Å². The lowest BCUT2D eigenvalue weighted by Gasteiger charge is -2.29. The van der Waals surface area contributed by atoms with Gasteiger partial charge in [0.05, 0.1) is 6.42 Å². The molecule has 1 atom stereocenters. The highest BCUT2D eigenvalue weighted by Gasteiger charge is 2.26. The van der Waals surface area contributed by atoms with Gasteiger partial charge in [0.2, 0.25) is 11.8 Å². The van der Waals surface area contributed by atoms with Crippen LogP contribution in [0.15, 0.2) is 48.5 Å². The van der Waals surface area contributed by atoms with Crippen molar-refractivity contribution >= 4 is 11.8 Å². The monoisotopic (exact) mass is 366 g/mol. The molecule has 4 nitrogen and oxygen atoms in total. The summed E-state index contributed by atoms with van der Waals surface area (Å²) in [5.41, 5.74) is 4.37. The van der Waals surface area contributed by atoms with E-state index in [-0.39, 0.29) is 11.8 Å². The van der Waals surface area contributed by atoms with Crippen LogP contribution in [0.4, 0.5) is 0 Å². The molecule has 2 aromatic rings. The highest BCUT2D eigenvalue weighted by molar-refractivity contribution is 5.88. The van der Waals surface area contributed by atoms with E-state index in [2.05, 4.69) is 18.3 Å². The Balaban J connectivity index is 2.19. The average molecular weight is 367 g/mol. The van der Waals surface area contributed by atoms with Crippen LogP contribution < -0.4 is 5.32 Å². The second-order valence-corrected chi connectivity index (χ2v) is 7.07. The number of hydrogen-bond donors (Lipinski definition) is 1. The van der Waals surface area contributed by atoms with Gasteiger partial charge in [0.15, 0.2) is 0 Å². The van der Waals surface area contributed by atoms with Crippen molar-refractivity contribution in [3.8, 4) is 0 Å². The van der Waals surface area contributed by atoms with Crippen molar-refractivity contribution in [2.45, 2.75) is 53.1 Å². The van der Waals surface area contributed by atoms with Crippen LogP contribution in [0.1, 0.15) is 42.5 Å². The SMILES string of the molecule is CCCNC(=O)C(C)N(Cc1ccccc1)C(=O)Cc1ccc(C)c(C)c1. The third-order valence-corrected chi connectivity index (χ3v) is 4.84. The molecule has 4 heteroatoms. The van der Waals surface area contributed by atoms with E-state index in [0.717, 1.165) is 17.5 Å². The number of amides is 2. The normalized spacial score (nSPS) is 11.7. The van der Waals surface area contributed by atoms with Crippen molar-refractivity contribution < 1.29 is 9.59 Å². The van der Waals surface area contributed by atoms with Gasteiger partial charge in [-0.3, -0.25) is 9.59 Å². The molecular formula is C23H30N2O2. The fourth-order valence-electron chi connectivity index (χ4n) is 2.95. The highest BCUT2D eigenvalue weighted by Crippen LogP contribution is 2.15. The quantitative estimate of drug-likeness (QED) is 0.773. The summed E-state index contributed by atoms with van der Waals surface area (Å²) in [5, 5.41) is 2.90. The van der Waals surface area contributed by atoms with Crippen molar-refractivity contribution in [1.82, 2.24) is 10.2 Å². The van der Waals surface area contributed by atoms with Crippen molar-refractivity contribution in [2.24, 2.45) is 0 Å². The van der Waals surface area contributed by atoms with Gasteiger partial charge in [0, 0.05) is 13.1 Å². The van der Waals surface area contributed by atoms with Crippen LogP contribution in [-0.4, -0.2) is 29.3 Å². The van der Waals surface area contributed by atoms with E-state index in [1.165, 1.54) is 11.1 Å². The molecule has 1 N–H and O–H groups in total. The Morgan fingerprint density at radius 1 is 1.00 bits per heavy atom. The van der Waals surface area contributed by atoms with Crippen LogP contribution in [0, 0.1) is 13.8 Å². The van der Waals surface area contributed by atoms with Gasteiger partial charge in [-0.25, -0.2) is 0 Å². The smallest absolute Gasteiger partial charge is 0.242 e. The summed E-state index contributed by atoms with van der Waals surface area (Å²) in [6.45, 7) is 8.96. The standard InChI is InChI=1S/C23H30N2O2/c1-5-13-24-23(27)19(4)25(16-20-9-7-6-8-10-20)22(26)15-21-12-11-17(2)18(3)14-21/h6-12,14,19H,5,13,15-16H2,1-4H3,(H,24,27). The van der Waals surface area contributed by atoms with Gasteiger partial charge in [-0.15, -0.1) is 0 Å². The molecule has 0 aliphatic heterocycles. The van der Waals surface area contributed by atoms with E-state index in [1.807, 2.05) is 56.3 Å². The number of nitrogens with one attached hydrogen (secondary N) is 1. The first kappa shape index (κ1) is 20.7. The predicted octanol–water partition coefficient (Wildman–Crippen LogP) is 3.79. The average Bonchev–Trinajstić information content (AvgIpc) is 2.67. The van der Waals surface area contributed by atoms with Crippen molar-refractivity contribution in [1.29, 1.82) is 0 Å². The molecule has 144 valence electrons. The van der Waals surface area contributed by atoms with E-state index in [0.29, 0.717) is 19.5 Å². The summed E-state index contributed by atoms with van der Waals surface area (Å²) in [6.07, 6.45) is 1.16. The van der Waals surface area contributed by atoms with Gasteiger partial charge in [-0.2, -0.15) is 0 Å². The van der Waals surface area contributed by atoms with E-state index in [4.69, 9.17) is 0 Å². The maximum absolute atomic E-state index is 13.1. The Morgan fingerprint density at radius 2 is 1.70 bits per heavy atom. The lowest BCUT2D eigenvalue weighted by molar-refractivity contribution is -0.140. The summed E-state index contributed by atoms with van der Waals surface area (Å²) >= 11 is 0. The molecule has 2 amide bonds. The maximum Gasteiger partial charge on any atom is 0.242 e. The first-order chi connectivity index (χ1) is 12.9. The minimum absolute atomic E-state index is 0.0405. The number of aryl methyl sites for hydroxylation is 2. The first-order valence-electron chi connectivity index (χ1n) is 9.59. The molecule has 0 spiro atoms. The van der Waals surface area contributed by atoms with Gasteiger partial charge >= 0.3 is 0 Å². The summed E-state index contributed by atoms with van der Waals surface area (Å²) < 4.78 is 0. The van der Waals surface area contributed by atoms with Gasteiger partial charge in [-0.1, -0.05) is 55.5 Å². The van der Waals surface area contributed by atoms with E-state index >= 15 is 0 Å². The lowest BCUT2D eigenvalue weighted by Crippen LogP contribution is -2.48. The van der Waals surface area contributed by atoms with Gasteiger partial charge in [-0.05, 0) is 49.4 Å². The molecule has 2 aromatic carbocycles. The molecule has 2 rings (SSSR count). The number of carbonyl (C=O) groups is 2. The summed E-state index contributed by atoms with van der Waals surface area (Å²) in [7, 11) is 0. The molecule has 27 heavy (non-hydrogen) atoms. The highest BCUT2D eigenvalue weighted by atomic mass is 16.2. The van der Waals surface area contributed by atoms with Crippen molar-refractivity contribution in [3.63, 3.8) is 0 Å². The zero-order valence-corrected chi connectivity index (χ0v) is 16.8. The van der Waals surface area contributed by atoms with Gasteiger partial charge in [0.1, 0.15) is 6.04 Å². The molecular weight excluding hydrogens is 336 g/mol. The van der Waals surface area contributed by atoms with E-state index < -0.39 is 6.04 Å². The van der Waals surface area contributed by atoms with E-state index in [9.17, 15) is 9.59 Å². The number of hydrogen-bond acceptors (Lipinski definition) is 2. The summed E-state index contributed by atoms with van der Waals surface area (Å²) in [4.78, 5) is 27.2. The minimum Gasteiger partial charge on any atom is -0.354 e. The van der Waals surface area contributed by atoms with Crippen LogP contribution in [0.25, 0.3) is 0 Å². The Morgan fingerprint density at radius 3 is 2.33 bits per heavy atom. The largest absolute Gasteiger partial charge is 0.354 e. The summed E-state index contributed by atoms with van der Waals surface area (Å²) in [5.74, 6) is -0.150. The van der Waals surface area contributed by atoms with Crippen LogP contribution in [0.2, 0.25) is 0 Å². The number of benzene rings is 2. The van der Waals surface area contributed by atoms with Crippen LogP contribution in [-0.2, 0) is 22.6 Å². The molecule has 0 heterocycles. The molecule has 0 aliphatic rings. The van der Waals surface area contributed by atoms with Gasteiger partial charge in [0.25, 0.3) is 0 Å². The predicted molar refractivity (Wildman–Crippen MR) is 109 cm³/mol.